The lowest BCUT2D eigenvalue weighted by molar-refractivity contribution is -0.137. The van der Waals surface area contributed by atoms with Crippen molar-refractivity contribution in [3.05, 3.63) is 71.3 Å². The molecule has 2 aromatic carbocycles. The van der Waals surface area contributed by atoms with Gasteiger partial charge in [0.2, 0.25) is 0 Å². The Hall–Kier alpha value is -3.13. The zero-order valence-corrected chi connectivity index (χ0v) is 13.6. The van der Waals surface area contributed by atoms with Crippen molar-refractivity contribution in [2.24, 2.45) is 0 Å². The van der Waals surface area contributed by atoms with E-state index in [0.29, 0.717) is 11.3 Å². The van der Waals surface area contributed by atoms with Crippen LogP contribution in [0.4, 0.5) is 18.9 Å². The number of para-hydroxylation sites is 1. The highest BCUT2D eigenvalue weighted by Crippen LogP contribution is 2.30. The highest BCUT2D eigenvalue weighted by molar-refractivity contribution is 6.07. The number of hydrogen-bond acceptors (Lipinski definition) is 3. The Morgan fingerprint density at radius 3 is 2.46 bits per heavy atom. The van der Waals surface area contributed by atoms with Crippen LogP contribution in [0.2, 0.25) is 0 Å². The quantitative estimate of drug-likeness (QED) is 0.496. The smallest absolute Gasteiger partial charge is 0.311 e. The Morgan fingerprint density at radius 2 is 1.81 bits per heavy atom. The summed E-state index contributed by atoms with van der Waals surface area (Å²) in [6.07, 6.45) is -2.12. The lowest BCUT2D eigenvalue weighted by Gasteiger charge is -2.20. The molecular formula is C18H15F3N2O3. The SMILES string of the molecule is CN(C(=O)c1cccc(C(F)(F)F)c1)c1ccccc1C=CC(=O)NO. The van der Waals surface area contributed by atoms with Gasteiger partial charge in [0.25, 0.3) is 11.8 Å². The number of nitrogens with zero attached hydrogens (tertiary/aromatic N) is 1. The molecule has 0 aliphatic heterocycles. The summed E-state index contributed by atoms with van der Waals surface area (Å²) in [6, 6.07) is 10.7. The van der Waals surface area contributed by atoms with E-state index >= 15 is 0 Å². The Balaban J connectivity index is 2.35. The van der Waals surface area contributed by atoms with Crippen molar-refractivity contribution in [3.8, 4) is 0 Å². The number of hydrogen-bond donors (Lipinski definition) is 2. The molecule has 5 nitrogen and oxygen atoms in total. The molecule has 26 heavy (non-hydrogen) atoms. The summed E-state index contributed by atoms with van der Waals surface area (Å²) >= 11 is 0. The van der Waals surface area contributed by atoms with Crippen LogP contribution in [0, 0.1) is 0 Å². The van der Waals surface area contributed by atoms with E-state index in [2.05, 4.69) is 0 Å². The lowest BCUT2D eigenvalue weighted by Crippen LogP contribution is -2.27. The van der Waals surface area contributed by atoms with E-state index in [4.69, 9.17) is 5.21 Å². The number of alkyl halides is 3. The highest BCUT2D eigenvalue weighted by atomic mass is 19.4. The fourth-order valence-electron chi connectivity index (χ4n) is 2.27. The van der Waals surface area contributed by atoms with Crippen molar-refractivity contribution in [1.29, 1.82) is 0 Å². The van der Waals surface area contributed by atoms with Crippen molar-refractivity contribution in [2.75, 3.05) is 11.9 Å². The van der Waals surface area contributed by atoms with Gasteiger partial charge in [0, 0.05) is 18.7 Å². The van der Waals surface area contributed by atoms with Gasteiger partial charge in [-0.25, -0.2) is 5.48 Å². The molecule has 0 fully saturated rings. The Morgan fingerprint density at radius 1 is 1.12 bits per heavy atom. The molecule has 0 atom stereocenters. The Kier molecular flexibility index (Phi) is 5.78. The number of anilines is 1. The molecule has 0 spiro atoms. The molecule has 2 aromatic rings. The van der Waals surface area contributed by atoms with Crippen molar-refractivity contribution in [1.82, 2.24) is 5.48 Å². The van der Waals surface area contributed by atoms with Crippen LogP contribution in [-0.4, -0.2) is 24.1 Å². The van der Waals surface area contributed by atoms with Crippen LogP contribution < -0.4 is 10.4 Å². The second-order valence-electron chi connectivity index (χ2n) is 5.31. The molecular weight excluding hydrogens is 349 g/mol. The van der Waals surface area contributed by atoms with Gasteiger partial charge in [0.15, 0.2) is 0 Å². The summed E-state index contributed by atoms with van der Waals surface area (Å²) in [4.78, 5) is 24.9. The number of carbonyl (C=O) groups is 2. The molecule has 136 valence electrons. The Bertz CT molecular complexity index is 848. The standard InChI is InChI=1S/C18H15F3N2O3/c1-23(15-8-3-2-5-12(15)9-10-16(24)22-26)17(25)13-6-4-7-14(11-13)18(19,20)21/h2-11,26H,1H3,(H,22,24). The van der Waals surface area contributed by atoms with Gasteiger partial charge in [-0.15, -0.1) is 0 Å². The molecule has 0 unspecified atom stereocenters. The summed E-state index contributed by atoms with van der Waals surface area (Å²) in [5.41, 5.74) is 1.27. The van der Waals surface area contributed by atoms with Crippen LogP contribution in [0.5, 0.6) is 0 Å². The topological polar surface area (TPSA) is 69.6 Å². The molecule has 2 rings (SSSR count). The van der Waals surface area contributed by atoms with Gasteiger partial charge in [-0.1, -0.05) is 24.3 Å². The number of benzene rings is 2. The van der Waals surface area contributed by atoms with Gasteiger partial charge >= 0.3 is 6.18 Å². The van der Waals surface area contributed by atoms with Crippen LogP contribution >= 0.6 is 0 Å². The number of nitrogens with one attached hydrogen (secondary N) is 1. The molecule has 0 aromatic heterocycles. The molecule has 2 amide bonds. The van der Waals surface area contributed by atoms with Crippen molar-refractivity contribution >= 4 is 23.6 Å². The van der Waals surface area contributed by atoms with Crippen molar-refractivity contribution in [3.63, 3.8) is 0 Å². The van der Waals surface area contributed by atoms with E-state index in [0.717, 1.165) is 18.2 Å². The molecule has 0 saturated carbocycles. The number of amides is 2. The zero-order valence-electron chi connectivity index (χ0n) is 13.6. The monoisotopic (exact) mass is 364 g/mol. The number of rotatable bonds is 4. The molecule has 0 radical (unpaired) electrons. The van der Waals surface area contributed by atoms with E-state index in [1.165, 1.54) is 35.6 Å². The summed E-state index contributed by atoms with van der Waals surface area (Å²) in [6.45, 7) is 0. The van der Waals surface area contributed by atoms with Gasteiger partial charge in [0.05, 0.1) is 11.3 Å². The van der Waals surface area contributed by atoms with Gasteiger partial charge in [0.1, 0.15) is 0 Å². The van der Waals surface area contributed by atoms with Crippen LogP contribution in [0.25, 0.3) is 6.08 Å². The van der Waals surface area contributed by atoms with Crippen LogP contribution in [0.15, 0.2) is 54.6 Å². The van der Waals surface area contributed by atoms with Gasteiger partial charge < -0.3 is 4.90 Å². The molecule has 0 saturated heterocycles. The summed E-state index contributed by atoms with van der Waals surface area (Å²) in [7, 11) is 1.42. The first-order valence-electron chi connectivity index (χ1n) is 7.40. The largest absolute Gasteiger partial charge is 0.416 e. The summed E-state index contributed by atoms with van der Waals surface area (Å²) in [5.74, 6) is -1.39. The normalized spacial score (nSPS) is 11.4. The third kappa shape index (κ3) is 4.48. The summed E-state index contributed by atoms with van der Waals surface area (Å²) < 4.78 is 38.5. The molecule has 2 N–H and O–H groups in total. The van der Waals surface area contributed by atoms with Gasteiger partial charge in [-0.2, -0.15) is 13.2 Å². The predicted octanol–water partition coefficient (Wildman–Crippen LogP) is 3.50. The number of hydroxylamine groups is 1. The van der Waals surface area contributed by atoms with E-state index in [-0.39, 0.29) is 5.56 Å². The average molecular weight is 364 g/mol. The first-order chi connectivity index (χ1) is 12.2. The fraction of sp³-hybridized carbons (Fsp3) is 0.111. The minimum absolute atomic E-state index is 0.116. The van der Waals surface area contributed by atoms with Crippen LogP contribution in [-0.2, 0) is 11.0 Å². The zero-order chi connectivity index (χ0) is 19.3. The minimum Gasteiger partial charge on any atom is -0.311 e. The third-order valence-corrected chi connectivity index (χ3v) is 3.56. The third-order valence-electron chi connectivity index (χ3n) is 3.56. The van der Waals surface area contributed by atoms with Gasteiger partial charge in [-0.05, 0) is 35.9 Å². The minimum atomic E-state index is -4.55. The summed E-state index contributed by atoms with van der Waals surface area (Å²) in [5, 5.41) is 8.51. The van der Waals surface area contributed by atoms with Crippen molar-refractivity contribution < 1.29 is 28.0 Å². The average Bonchev–Trinajstić information content (AvgIpc) is 2.64. The Labute approximate surface area is 147 Å². The van der Waals surface area contributed by atoms with E-state index in [1.807, 2.05) is 0 Å². The highest BCUT2D eigenvalue weighted by Gasteiger charge is 2.31. The van der Waals surface area contributed by atoms with Crippen LogP contribution in [0.3, 0.4) is 0 Å². The molecule has 0 heterocycles. The first kappa shape index (κ1) is 19.2. The predicted molar refractivity (Wildman–Crippen MR) is 89.6 cm³/mol. The maximum atomic E-state index is 12.8. The van der Waals surface area contributed by atoms with Crippen LogP contribution in [0.1, 0.15) is 21.5 Å². The maximum Gasteiger partial charge on any atom is 0.416 e. The molecule has 8 heteroatoms. The van der Waals surface area contributed by atoms with E-state index in [1.54, 1.807) is 24.3 Å². The first-order valence-corrected chi connectivity index (χ1v) is 7.40. The second kappa shape index (κ2) is 7.83. The fourth-order valence-corrected chi connectivity index (χ4v) is 2.27. The molecule has 0 aliphatic rings. The van der Waals surface area contributed by atoms with E-state index < -0.39 is 23.6 Å². The number of carbonyl (C=O) groups excluding carboxylic acids is 2. The second-order valence-corrected chi connectivity index (χ2v) is 5.31. The number of halogens is 3. The van der Waals surface area contributed by atoms with Crippen molar-refractivity contribution in [2.45, 2.75) is 6.18 Å². The van der Waals surface area contributed by atoms with E-state index in [9.17, 15) is 22.8 Å². The van der Waals surface area contributed by atoms with Gasteiger partial charge in [-0.3, -0.25) is 14.8 Å². The lowest BCUT2D eigenvalue weighted by atomic mass is 10.1. The molecule has 0 aliphatic carbocycles. The maximum absolute atomic E-state index is 12.8. The molecule has 0 bridgehead atoms.